The van der Waals surface area contributed by atoms with Gasteiger partial charge in [0.05, 0.1) is 10.6 Å². The van der Waals surface area contributed by atoms with Crippen molar-refractivity contribution in [1.82, 2.24) is 10.2 Å². The summed E-state index contributed by atoms with van der Waals surface area (Å²) in [4.78, 5) is 30.1. The molecule has 0 aliphatic carbocycles. The number of anilines is 1. The lowest BCUT2D eigenvalue weighted by atomic mass is 10.1. The molecule has 41 heavy (non-hydrogen) atoms. The van der Waals surface area contributed by atoms with Crippen LogP contribution < -0.4 is 9.62 Å². The van der Waals surface area contributed by atoms with Crippen LogP contribution in [0.1, 0.15) is 50.3 Å². The lowest BCUT2D eigenvalue weighted by Gasteiger charge is -2.34. The van der Waals surface area contributed by atoms with Crippen molar-refractivity contribution in [2.24, 2.45) is 0 Å². The number of hydrogen-bond acceptors (Lipinski definition) is 5. The normalized spacial score (nSPS) is 12.8. The summed E-state index contributed by atoms with van der Waals surface area (Å²) >= 11 is 1.52. The van der Waals surface area contributed by atoms with E-state index in [-0.39, 0.29) is 23.4 Å². The summed E-state index contributed by atoms with van der Waals surface area (Å²) in [5.41, 5.74) is 3.23. The van der Waals surface area contributed by atoms with Crippen LogP contribution >= 0.6 is 11.8 Å². The number of hydrogen-bond donors (Lipinski definition) is 1. The Bertz CT molecular complexity index is 1420. The third-order valence-corrected chi connectivity index (χ3v) is 9.77. The van der Waals surface area contributed by atoms with Crippen molar-refractivity contribution in [1.29, 1.82) is 0 Å². The molecule has 3 aromatic rings. The number of sulfonamides is 1. The first-order chi connectivity index (χ1) is 19.5. The smallest absolute Gasteiger partial charge is 0.264 e. The average Bonchev–Trinajstić information content (AvgIpc) is 2.97. The molecule has 0 aliphatic heterocycles. The molecule has 1 N–H and O–H groups in total. The van der Waals surface area contributed by atoms with E-state index in [1.807, 2.05) is 77.3 Å². The van der Waals surface area contributed by atoms with Gasteiger partial charge in [-0.2, -0.15) is 0 Å². The average molecular weight is 596 g/mol. The quantitative estimate of drug-likeness (QED) is 0.247. The fraction of sp³-hybridized carbons (Fsp3) is 0.375. The molecular formula is C32H41N3O4S2. The van der Waals surface area contributed by atoms with Crippen LogP contribution in [-0.2, 0) is 26.2 Å². The lowest BCUT2D eigenvalue weighted by molar-refractivity contribution is -0.140. The third-order valence-electron chi connectivity index (χ3n) is 7.24. The van der Waals surface area contributed by atoms with E-state index in [2.05, 4.69) is 5.32 Å². The van der Waals surface area contributed by atoms with E-state index in [1.54, 1.807) is 36.4 Å². The van der Waals surface area contributed by atoms with Gasteiger partial charge in [-0.05, 0) is 87.4 Å². The van der Waals surface area contributed by atoms with Gasteiger partial charge >= 0.3 is 0 Å². The van der Waals surface area contributed by atoms with Gasteiger partial charge in [-0.15, -0.1) is 11.8 Å². The number of amides is 2. The number of carbonyl (C=O) groups excluding carboxylic acids is 2. The van der Waals surface area contributed by atoms with Crippen molar-refractivity contribution in [3.8, 4) is 0 Å². The largest absolute Gasteiger partial charge is 0.352 e. The number of nitrogens with one attached hydrogen (secondary N) is 1. The zero-order chi connectivity index (χ0) is 30.2. The maximum atomic E-state index is 14.2. The number of rotatable bonds is 13. The molecule has 9 heteroatoms. The second-order valence-electron chi connectivity index (χ2n) is 10.2. The monoisotopic (exact) mass is 595 g/mol. The van der Waals surface area contributed by atoms with Crippen molar-refractivity contribution in [3.63, 3.8) is 0 Å². The van der Waals surface area contributed by atoms with Gasteiger partial charge in [-0.1, -0.05) is 55.8 Å². The topological polar surface area (TPSA) is 86.8 Å². The number of thioether (sulfide) groups is 1. The van der Waals surface area contributed by atoms with Crippen LogP contribution in [0.4, 0.5) is 5.69 Å². The summed E-state index contributed by atoms with van der Waals surface area (Å²) in [6.45, 7) is 9.38. The molecule has 0 saturated carbocycles. The fourth-order valence-electron chi connectivity index (χ4n) is 4.45. The molecule has 0 aliphatic rings. The van der Waals surface area contributed by atoms with Crippen molar-refractivity contribution in [3.05, 3.63) is 89.5 Å². The number of carbonyl (C=O) groups is 2. The van der Waals surface area contributed by atoms with Crippen LogP contribution in [0.25, 0.3) is 0 Å². The van der Waals surface area contributed by atoms with Crippen molar-refractivity contribution in [2.45, 2.75) is 75.9 Å². The van der Waals surface area contributed by atoms with Crippen LogP contribution in [-0.4, -0.2) is 50.0 Å². The Balaban J connectivity index is 2.06. The highest BCUT2D eigenvalue weighted by atomic mass is 32.2. The molecule has 0 unspecified atom stereocenters. The maximum Gasteiger partial charge on any atom is 0.264 e. The zero-order valence-corrected chi connectivity index (χ0v) is 26.4. The minimum Gasteiger partial charge on any atom is -0.352 e. The molecule has 0 radical (unpaired) electrons. The predicted molar refractivity (Wildman–Crippen MR) is 168 cm³/mol. The lowest BCUT2D eigenvalue weighted by Crippen LogP contribution is -2.53. The minimum absolute atomic E-state index is 0.0550. The summed E-state index contributed by atoms with van der Waals surface area (Å²) in [7, 11) is -4.10. The van der Waals surface area contributed by atoms with Crippen molar-refractivity contribution >= 4 is 39.3 Å². The molecule has 7 nitrogen and oxygen atoms in total. The van der Waals surface area contributed by atoms with Crippen LogP contribution in [0.15, 0.2) is 82.6 Å². The fourth-order valence-corrected chi connectivity index (χ4v) is 6.27. The molecule has 2 atom stereocenters. The molecular weight excluding hydrogens is 555 g/mol. The molecule has 0 fully saturated rings. The van der Waals surface area contributed by atoms with E-state index in [0.29, 0.717) is 12.1 Å². The first-order valence-corrected chi connectivity index (χ1v) is 16.6. The number of aryl methyl sites for hydroxylation is 2. The first-order valence-electron chi connectivity index (χ1n) is 13.9. The molecule has 0 heterocycles. The van der Waals surface area contributed by atoms with Gasteiger partial charge < -0.3 is 10.2 Å². The highest BCUT2D eigenvalue weighted by Gasteiger charge is 2.34. The summed E-state index contributed by atoms with van der Waals surface area (Å²) in [5, 5.41) is 3.01. The van der Waals surface area contributed by atoms with Gasteiger partial charge in [0, 0.05) is 17.5 Å². The SMILES string of the molecule is CC[C@@H](C)NC(=O)[C@@H](CC)N(Cc1ccccc1C)C(=O)CN(c1ccc(C)cc1)S(=O)(=O)c1ccc(SC)cc1. The molecule has 3 aromatic carbocycles. The van der Waals surface area contributed by atoms with E-state index >= 15 is 0 Å². The summed E-state index contributed by atoms with van der Waals surface area (Å²) < 4.78 is 29.2. The van der Waals surface area contributed by atoms with E-state index < -0.39 is 28.5 Å². The molecule has 3 rings (SSSR count). The van der Waals surface area contributed by atoms with Crippen LogP contribution in [0.5, 0.6) is 0 Å². The van der Waals surface area contributed by atoms with Crippen molar-refractivity contribution < 1.29 is 18.0 Å². The molecule has 0 spiro atoms. The highest BCUT2D eigenvalue weighted by molar-refractivity contribution is 7.98. The van der Waals surface area contributed by atoms with Gasteiger partial charge in [-0.25, -0.2) is 8.42 Å². The predicted octanol–water partition coefficient (Wildman–Crippen LogP) is 5.94. The Hall–Kier alpha value is -3.30. The van der Waals surface area contributed by atoms with E-state index in [1.165, 1.54) is 16.7 Å². The highest BCUT2D eigenvalue weighted by Crippen LogP contribution is 2.27. The van der Waals surface area contributed by atoms with Crippen LogP contribution in [0, 0.1) is 13.8 Å². The molecule has 0 saturated heterocycles. The number of benzene rings is 3. The van der Waals surface area contributed by atoms with Gasteiger partial charge in [-0.3, -0.25) is 13.9 Å². The summed E-state index contributed by atoms with van der Waals surface area (Å²) in [6.07, 6.45) is 3.06. The Labute approximate surface area is 249 Å². The Morgan fingerprint density at radius 2 is 1.54 bits per heavy atom. The third kappa shape index (κ3) is 8.14. The van der Waals surface area contributed by atoms with Gasteiger partial charge in [0.1, 0.15) is 12.6 Å². The molecule has 0 bridgehead atoms. The Kier molecular flexibility index (Phi) is 11.4. The maximum absolute atomic E-state index is 14.2. The van der Waals surface area contributed by atoms with E-state index in [9.17, 15) is 18.0 Å². The van der Waals surface area contributed by atoms with E-state index in [0.717, 1.165) is 32.3 Å². The second kappa shape index (κ2) is 14.5. The van der Waals surface area contributed by atoms with Gasteiger partial charge in [0.15, 0.2) is 0 Å². The first kappa shape index (κ1) is 32.2. The second-order valence-corrected chi connectivity index (χ2v) is 13.0. The van der Waals surface area contributed by atoms with Crippen molar-refractivity contribution in [2.75, 3.05) is 17.1 Å². The van der Waals surface area contributed by atoms with Crippen LogP contribution in [0.3, 0.4) is 0 Å². The Morgan fingerprint density at radius 3 is 2.10 bits per heavy atom. The summed E-state index contributed by atoms with van der Waals surface area (Å²) in [5.74, 6) is -0.703. The molecule has 2 amide bonds. The minimum atomic E-state index is -4.10. The number of nitrogens with zero attached hydrogens (tertiary/aromatic N) is 2. The van der Waals surface area contributed by atoms with E-state index in [4.69, 9.17) is 0 Å². The summed E-state index contributed by atoms with van der Waals surface area (Å²) in [6, 6.07) is 20.6. The van der Waals surface area contributed by atoms with Gasteiger partial charge in [0.25, 0.3) is 10.0 Å². The molecule has 0 aromatic heterocycles. The zero-order valence-electron chi connectivity index (χ0n) is 24.8. The standard InChI is InChI=1S/C32H41N3O4S2/c1-7-25(5)33-32(37)30(8-2)34(21-26-12-10-9-11-24(26)4)31(36)22-35(27-15-13-23(3)14-16-27)41(38,39)29-19-17-28(40-6)18-20-29/h9-20,25,30H,7-8,21-22H2,1-6H3,(H,33,37)/t25-,30-/m1/s1. The van der Waals surface area contributed by atoms with Crippen LogP contribution in [0.2, 0.25) is 0 Å². The molecule has 220 valence electrons. The van der Waals surface area contributed by atoms with Gasteiger partial charge in [0.2, 0.25) is 11.8 Å². The Morgan fingerprint density at radius 1 is 0.902 bits per heavy atom.